The molecule has 0 saturated heterocycles. The zero-order chi connectivity index (χ0) is 14.0. The lowest BCUT2D eigenvalue weighted by molar-refractivity contribution is 0.377. The van der Waals surface area contributed by atoms with Crippen LogP contribution in [0.2, 0.25) is 0 Å². The molecule has 0 radical (unpaired) electrons. The number of aryl methyl sites for hydroxylation is 1. The van der Waals surface area contributed by atoms with Gasteiger partial charge in [0.15, 0.2) is 5.17 Å². The van der Waals surface area contributed by atoms with Gasteiger partial charge in [-0.2, -0.15) is 0 Å². The van der Waals surface area contributed by atoms with Crippen LogP contribution in [0.15, 0.2) is 29.3 Å². The summed E-state index contributed by atoms with van der Waals surface area (Å²) in [4.78, 5) is 4.75. The van der Waals surface area contributed by atoms with Crippen LogP contribution >= 0.6 is 11.8 Å². The van der Waals surface area contributed by atoms with E-state index in [1.807, 2.05) is 0 Å². The Balaban J connectivity index is 1.96. The minimum Gasteiger partial charge on any atom is -0.379 e. The van der Waals surface area contributed by atoms with Crippen LogP contribution in [0.3, 0.4) is 0 Å². The normalized spacial score (nSPS) is 24.9. The number of hydrogen-bond donors (Lipinski definition) is 1. The largest absolute Gasteiger partial charge is 0.379 e. The summed E-state index contributed by atoms with van der Waals surface area (Å²) in [5.74, 6) is 1.06. The molecule has 1 aliphatic heterocycles. The van der Waals surface area contributed by atoms with Crippen molar-refractivity contribution in [3.63, 3.8) is 0 Å². The molecule has 1 unspecified atom stereocenters. The number of nitrogens with zero attached hydrogens (tertiary/aromatic N) is 1. The lowest BCUT2D eigenvalue weighted by atomic mass is 9.73. The first-order valence-corrected chi connectivity index (χ1v) is 8.78. The predicted octanol–water partition coefficient (Wildman–Crippen LogP) is 3.88. The van der Waals surface area contributed by atoms with Gasteiger partial charge in [0.2, 0.25) is 0 Å². The fraction of sp³-hybridized carbons (Fsp3) is 0.588. The molecule has 0 amide bonds. The third-order valence-corrected chi connectivity index (χ3v) is 5.73. The predicted molar refractivity (Wildman–Crippen MR) is 88.5 cm³/mol. The molecule has 108 valence electrons. The number of benzene rings is 1. The molecule has 0 aromatic heterocycles. The van der Waals surface area contributed by atoms with E-state index in [0.717, 1.165) is 10.9 Å². The van der Waals surface area contributed by atoms with Gasteiger partial charge in [-0.25, -0.2) is 0 Å². The Morgan fingerprint density at radius 2 is 2.15 bits per heavy atom. The summed E-state index contributed by atoms with van der Waals surface area (Å²) in [6.45, 7) is 2.25. The van der Waals surface area contributed by atoms with Gasteiger partial charge >= 0.3 is 0 Å². The van der Waals surface area contributed by atoms with Gasteiger partial charge in [0.1, 0.15) is 0 Å². The van der Waals surface area contributed by atoms with Crippen molar-refractivity contribution in [2.24, 2.45) is 10.7 Å². The number of rotatable bonds is 4. The molecule has 20 heavy (non-hydrogen) atoms. The average molecular weight is 288 g/mol. The molecule has 3 rings (SSSR count). The van der Waals surface area contributed by atoms with Crippen LogP contribution in [-0.2, 0) is 11.8 Å². The fourth-order valence-corrected chi connectivity index (χ4v) is 4.74. The summed E-state index contributed by atoms with van der Waals surface area (Å²) in [5, 5.41) is 0.783. The lowest BCUT2D eigenvalue weighted by Gasteiger charge is -2.34. The standard InChI is InChI=1S/C17H24N2S/c1-2-6-13-7-5-8-14(11-13)17(9-3-4-10-17)15-12-20-16(18)19-15/h5,7-8,11,15H,2-4,6,9-10,12H2,1H3,(H2,18,19). The van der Waals surface area contributed by atoms with E-state index in [0.29, 0.717) is 6.04 Å². The molecule has 2 aliphatic rings. The van der Waals surface area contributed by atoms with E-state index in [1.54, 1.807) is 11.8 Å². The Kier molecular flexibility index (Phi) is 4.06. The van der Waals surface area contributed by atoms with Gasteiger partial charge in [-0.3, -0.25) is 4.99 Å². The smallest absolute Gasteiger partial charge is 0.154 e. The lowest BCUT2D eigenvalue weighted by Crippen LogP contribution is -2.36. The summed E-state index contributed by atoms with van der Waals surface area (Å²) >= 11 is 1.73. The Labute approximate surface area is 126 Å². The zero-order valence-corrected chi connectivity index (χ0v) is 13.1. The van der Waals surface area contributed by atoms with Crippen molar-refractivity contribution in [3.05, 3.63) is 35.4 Å². The first-order chi connectivity index (χ1) is 9.74. The van der Waals surface area contributed by atoms with Gasteiger partial charge < -0.3 is 5.73 Å². The van der Waals surface area contributed by atoms with Crippen LogP contribution in [0.4, 0.5) is 0 Å². The van der Waals surface area contributed by atoms with E-state index in [2.05, 4.69) is 31.2 Å². The van der Waals surface area contributed by atoms with Gasteiger partial charge in [0, 0.05) is 11.2 Å². The monoisotopic (exact) mass is 288 g/mol. The highest BCUT2D eigenvalue weighted by Gasteiger charge is 2.44. The first-order valence-electron chi connectivity index (χ1n) is 7.80. The molecule has 1 aromatic carbocycles. The van der Waals surface area contributed by atoms with Crippen molar-refractivity contribution in [3.8, 4) is 0 Å². The van der Waals surface area contributed by atoms with Crippen molar-refractivity contribution in [1.82, 2.24) is 0 Å². The number of aliphatic imine (C=N–C) groups is 1. The number of hydrogen-bond acceptors (Lipinski definition) is 3. The highest BCUT2D eigenvalue weighted by molar-refractivity contribution is 8.14. The van der Waals surface area contributed by atoms with E-state index in [4.69, 9.17) is 10.7 Å². The molecule has 1 aliphatic carbocycles. The van der Waals surface area contributed by atoms with Crippen LogP contribution in [-0.4, -0.2) is 17.0 Å². The molecule has 2 N–H and O–H groups in total. The average Bonchev–Trinajstić information content (AvgIpc) is 3.09. The third kappa shape index (κ3) is 2.48. The van der Waals surface area contributed by atoms with Gasteiger partial charge in [-0.1, -0.05) is 62.2 Å². The van der Waals surface area contributed by atoms with Crippen molar-refractivity contribution in [1.29, 1.82) is 0 Å². The summed E-state index contributed by atoms with van der Waals surface area (Å²) in [6.07, 6.45) is 7.58. The minimum absolute atomic E-state index is 0.248. The summed E-state index contributed by atoms with van der Waals surface area (Å²) in [6, 6.07) is 9.63. The second-order valence-corrected chi connectivity index (χ2v) is 7.15. The molecule has 1 aromatic rings. The quantitative estimate of drug-likeness (QED) is 0.913. The fourth-order valence-electron chi connectivity index (χ4n) is 3.82. The maximum absolute atomic E-state index is 5.92. The van der Waals surface area contributed by atoms with E-state index in [-0.39, 0.29) is 5.41 Å². The SMILES string of the molecule is CCCc1cccc(C2(C3CSC(N)=N3)CCCC2)c1. The third-order valence-electron chi connectivity index (χ3n) is 4.85. The minimum atomic E-state index is 0.248. The molecule has 1 fully saturated rings. The Morgan fingerprint density at radius 1 is 1.35 bits per heavy atom. The van der Waals surface area contributed by atoms with Gasteiger partial charge in [0.05, 0.1) is 6.04 Å². The van der Waals surface area contributed by atoms with Gasteiger partial charge in [0.25, 0.3) is 0 Å². The molecule has 0 spiro atoms. The number of thioether (sulfide) groups is 1. The number of nitrogens with two attached hydrogens (primary N) is 1. The molecule has 1 saturated carbocycles. The molecular weight excluding hydrogens is 264 g/mol. The van der Waals surface area contributed by atoms with Crippen molar-refractivity contribution in [2.45, 2.75) is 56.9 Å². The molecule has 1 heterocycles. The molecule has 0 bridgehead atoms. The maximum atomic E-state index is 5.92. The van der Waals surface area contributed by atoms with Crippen LogP contribution < -0.4 is 5.73 Å². The summed E-state index contributed by atoms with van der Waals surface area (Å²) in [7, 11) is 0. The second kappa shape index (κ2) is 5.80. The van der Waals surface area contributed by atoms with Gasteiger partial charge in [-0.15, -0.1) is 0 Å². The van der Waals surface area contributed by atoms with E-state index < -0.39 is 0 Å². The van der Waals surface area contributed by atoms with Crippen LogP contribution in [0, 0.1) is 0 Å². The second-order valence-electron chi connectivity index (χ2n) is 6.11. The van der Waals surface area contributed by atoms with Gasteiger partial charge in [-0.05, 0) is 30.4 Å². The Hall–Kier alpha value is -0.960. The highest BCUT2D eigenvalue weighted by Crippen LogP contribution is 2.47. The molecule has 1 atom stereocenters. The maximum Gasteiger partial charge on any atom is 0.154 e. The highest BCUT2D eigenvalue weighted by atomic mass is 32.2. The van der Waals surface area contributed by atoms with E-state index in [9.17, 15) is 0 Å². The topological polar surface area (TPSA) is 38.4 Å². The van der Waals surface area contributed by atoms with Crippen molar-refractivity contribution < 1.29 is 0 Å². The molecule has 3 heteroatoms. The van der Waals surface area contributed by atoms with E-state index >= 15 is 0 Å². The summed E-state index contributed by atoms with van der Waals surface area (Å²) in [5.41, 5.74) is 9.14. The molecular formula is C17H24N2S. The van der Waals surface area contributed by atoms with Crippen molar-refractivity contribution >= 4 is 16.9 Å². The zero-order valence-electron chi connectivity index (χ0n) is 12.3. The molecule has 2 nitrogen and oxygen atoms in total. The van der Waals surface area contributed by atoms with Crippen LogP contribution in [0.25, 0.3) is 0 Å². The van der Waals surface area contributed by atoms with Crippen LogP contribution in [0.1, 0.15) is 50.2 Å². The van der Waals surface area contributed by atoms with Crippen molar-refractivity contribution in [2.75, 3.05) is 5.75 Å². The van der Waals surface area contributed by atoms with E-state index in [1.165, 1.54) is 49.7 Å². The van der Waals surface area contributed by atoms with Crippen LogP contribution in [0.5, 0.6) is 0 Å². The Morgan fingerprint density at radius 3 is 2.80 bits per heavy atom. The first kappa shape index (κ1) is 14.0. The Bertz CT molecular complexity index is 503. The number of amidine groups is 1. The summed E-state index contributed by atoms with van der Waals surface area (Å²) < 4.78 is 0.